The molecule has 1 heterocycles. The Labute approximate surface area is 112 Å². The third-order valence-electron chi connectivity index (χ3n) is 4.03. The second-order valence-electron chi connectivity index (χ2n) is 5.36. The van der Waals surface area contributed by atoms with Crippen molar-refractivity contribution in [3.63, 3.8) is 0 Å². The first-order valence-electron chi connectivity index (χ1n) is 6.49. The highest BCUT2D eigenvalue weighted by molar-refractivity contribution is 6.32. The predicted molar refractivity (Wildman–Crippen MR) is 74.2 cm³/mol. The number of aryl methyl sites for hydroxylation is 1. The van der Waals surface area contributed by atoms with E-state index in [1.165, 1.54) is 17.5 Å². The van der Waals surface area contributed by atoms with Gasteiger partial charge in [0.1, 0.15) is 5.02 Å². The fourth-order valence-corrected chi connectivity index (χ4v) is 2.42. The molecule has 0 unspecified atom stereocenters. The van der Waals surface area contributed by atoms with Crippen molar-refractivity contribution in [3.8, 4) is 0 Å². The summed E-state index contributed by atoms with van der Waals surface area (Å²) in [6.45, 7) is 7.75. The van der Waals surface area contributed by atoms with Crippen molar-refractivity contribution in [1.29, 1.82) is 0 Å². The minimum absolute atomic E-state index is 0.224. The zero-order chi connectivity index (χ0) is 13.3. The number of rotatable bonds is 5. The van der Waals surface area contributed by atoms with Crippen molar-refractivity contribution in [2.75, 3.05) is 11.9 Å². The van der Waals surface area contributed by atoms with Gasteiger partial charge < -0.3 is 5.32 Å². The van der Waals surface area contributed by atoms with E-state index in [1.54, 1.807) is 6.20 Å². The highest BCUT2D eigenvalue weighted by Crippen LogP contribution is 2.51. The van der Waals surface area contributed by atoms with E-state index >= 15 is 0 Å². The molecule has 4 nitrogen and oxygen atoms in total. The van der Waals surface area contributed by atoms with Crippen molar-refractivity contribution in [3.05, 3.63) is 21.6 Å². The van der Waals surface area contributed by atoms with Crippen LogP contribution < -0.4 is 10.9 Å². The Morgan fingerprint density at radius 1 is 1.56 bits per heavy atom. The molecule has 1 fully saturated rings. The van der Waals surface area contributed by atoms with Gasteiger partial charge in [0.2, 0.25) is 0 Å². The van der Waals surface area contributed by atoms with Crippen molar-refractivity contribution in [1.82, 2.24) is 9.78 Å². The van der Waals surface area contributed by atoms with Crippen LogP contribution in [0.2, 0.25) is 5.02 Å². The molecule has 2 rings (SSSR count). The molecule has 5 heteroatoms. The minimum atomic E-state index is -0.224. The molecule has 0 aliphatic heterocycles. The van der Waals surface area contributed by atoms with Crippen LogP contribution >= 0.6 is 11.6 Å². The largest absolute Gasteiger partial charge is 0.382 e. The lowest BCUT2D eigenvalue weighted by atomic mass is 9.92. The van der Waals surface area contributed by atoms with Crippen molar-refractivity contribution < 1.29 is 0 Å². The summed E-state index contributed by atoms with van der Waals surface area (Å²) in [5.74, 6) is 0.646. The number of aromatic nitrogens is 2. The fourth-order valence-electron chi connectivity index (χ4n) is 2.20. The molecule has 1 N–H and O–H groups in total. The van der Waals surface area contributed by atoms with E-state index in [0.717, 1.165) is 6.54 Å². The van der Waals surface area contributed by atoms with Crippen LogP contribution in [0.25, 0.3) is 0 Å². The van der Waals surface area contributed by atoms with Gasteiger partial charge in [0, 0.05) is 13.1 Å². The van der Waals surface area contributed by atoms with E-state index in [9.17, 15) is 4.79 Å². The van der Waals surface area contributed by atoms with Gasteiger partial charge in [0.25, 0.3) is 5.56 Å². The lowest BCUT2D eigenvalue weighted by molar-refractivity contribution is 0.380. The number of nitrogens with zero attached hydrogens (tertiary/aromatic N) is 2. The Morgan fingerprint density at radius 3 is 2.72 bits per heavy atom. The minimum Gasteiger partial charge on any atom is -0.382 e. The molecule has 1 aliphatic carbocycles. The van der Waals surface area contributed by atoms with Crippen LogP contribution in [0.15, 0.2) is 11.0 Å². The SMILES string of the molecule is CCn1ncc(NCC2(C(C)C)CC2)c(Cl)c1=O. The first-order chi connectivity index (χ1) is 8.50. The van der Waals surface area contributed by atoms with E-state index < -0.39 is 0 Å². The number of anilines is 1. The van der Waals surface area contributed by atoms with Gasteiger partial charge in [-0.15, -0.1) is 0 Å². The highest BCUT2D eigenvalue weighted by Gasteiger charge is 2.45. The van der Waals surface area contributed by atoms with Gasteiger partial charge in [-0.1, -0.05) is 25.4 Å². The molecule has 1 aromatic heterocycles. The Kier molecular flexibility index (Phi) is 3.66. The maximum Gasteiger partial charge on any atom is 0.287 e. The Bertz CT molecular complexity index is 491. The summed E-state index contributed by atoms with van der Waals surface area (Å²) < 4.78 is 1.36. The average molecular weight is 270 g/mol. The summed E-state index contributed by atoms with van der Waals surface area (Å²) in [4.78, 5) is 11.8. The Balaban J connectivity index is 2.11. The van der Waals surface area contributed by atoms with Crippen LogP contribution in [0.3, 0.4) is 0 Å². The first-order valence-corrected chi connectivity index (χ1v) is 6.87. The summed E-state index contributed by atoms with van der Waals surface area (Å²) in [5.41, 5.74) is 0.806. The fraction of sp³-hybridized carbons (Fsp3) is 0.692. The molecule has 0 saturated heterocycles. The third kappa shape index (κ3) is 2.39. The Hall–Kier alpha value is -1.03. The van der Waals surface area contributed by atoms with E-state index in [-0.39, 0.29) is 10.6 Å². The maximum atomic E-state index is 11.8. The van der Waals surface area contributed by atoms with Gasteiger partial charge in [0.05, 0.1) is 11.9 Å². The van der Waals surface area contributed by atoms with Crippen molar-refractivity contribution in [2.45, 2.75) is 40.2 Å². The molecule has 0 spiro atoms. The molecule has 0 amide bonds. The molecule has 0 radical (unpaired) electrons. The molecule has 0 aromatic carbocycles. The monoisotopic (exact) mass is 269 g/mol. The maximum absolute atomic E-state index is 11.8. The number of halogens is 1. The molecule has 1 saturated carbocycles. The van der Waals surface area contributed by atoms with Crippen LogP contribution in [0.1, 0.15) is 33.6 Å². The topological polar surface area (TPSA) is 46.9 Å². The highest BCUT2D eigenvalue weighted by atomic mass is 35.5. The summed E-state index contributed by atoms with van der Waals surface area (Å²) in [5, 5.41) is 7.60. The van der Waals surface area contributed by atoms with Crippen molar-refractivity contribution >= 4 is 17.3 Å². The van der Waals surface area contributed by atoms with Gasteiger partial charge in [0.15, 0.2) is 0 Å². The van der Waals surface area contributed by atoms with E-state index in [4.69, 9.17) is 11.6 Å². The number of nitrogens with one attached hydrogen (secondary N) is 1. The van der Waals surface area contributed by atoms with E-state index in [1.807, 2.05) is 6.92 Å². The molecular formula is C13H20ClN3O. The molecular weight excluding hydrogens is 250 g/mol. The lowest BCUT2D eigenvalue weighted by Gasteiger charge is -2.21. The van der Waals surface area contributed by atoms with Crippen LogP contribution in [-0.4, -0.2) is 16.3 Å². The van der Waals surface area contributed by atoms with Crippen LogP contribution in [0.4, 0.5) is 5.69 Å². The normalized spacial score (nSPS) is 16.9. The lowest BCUT2D eigenvalue weighted by Crippen LogP contribution is -2.26. The summed E-state index contributed by atoms with van der Waals surface area (Å²) in [6.07, 6.45) is 4.13. The zero-order valence-electron chi connectivity index (χ0n) is 11.2. The molecule has 1 aromatic rings. The molecule has 0 bridgehead atoms. The quantitative estimate of drug-likeness (QED) is 0.894. The number of hydrogen-bond donors (Lipinski definition) is 1. The van der Waals surface area contributed by atoms with Crippen LogP contribution in [0.5, 0.6) is 0 Å². The molecule has 100 valence electrons. The second kappa shape index (κ2) is 4.92. The van der Waals surface area contributed by atoms with E-state index in [0.29, 0.717) is 23.6 Å². The van der Waals surface area contributed by atoms with E-state index in [2.05, 4.69) is 24.3 Å². The molecule has 18 heavy (non-hydrogen) atoms. The third-order valence-corrected chi connectivity index (χ3v) is 4.40. The van der Waals surface area contributed by atoms with Gasteiger partial charge in [-0.2, -0.15) is 5.10 Å². The standard InChI is InChI=1S/C13H20ClN3O/c1-4-17-12(18)11(14)10(7-16-17)15-8-13(5-6-13)9(2)3/h7,9,15H,4-6,8H2,1-3H3. The van der Waals surface area contributed by atoms with Gasteiger partial charge in [-0.25, -0.2) is 4.68 Å². The van der Waals surface area contributed by atoms with Crippen molar-refractivity contribution in [2.24, 2.45) is 11.3 Å². The summed E-state index contributed by atoms with van der Waals surface area (Å²) in [7, 11) is 0. The van der Waals surface area contributed by atoms with Gasteiger partial charge >= 0.3 is 0 Å². The molecule has 0 atom stereocenters. The first kappa shape index (κ1) is 13.4. The smallest absolute Gasteiger partial charge is 0.287 e. The summed E-state index contributed by atoms with van der Waals surface area (Å²) in [6, 6.07) is 0. The van der Waals surface area contributed by atoms with Crippen LogP contribution in [0, 0.1) is 11.3 Å². The molecule has 1 aliphatic rings. The Morgan fingerprint density at radius 2 is 2.22 bits per heavy atom. The summed E-state index contributed by atoms with van der Waals surface area (Å²) >= 11 is 6.07. The number of hydrogen-bond acceptors (Lipinski definition) is 3. The van der Waals surface area contributed by atoms with Crippen LogP contribution in [-0.2, 0) is 6.54 Å². The second-order valence-corrected chi connectivity index (χ2v) is 5.74. The van der Waals surface area contributed by atoms with Gasteiger partial charge in [-0.05, 0) is 31.1 Å². The average Bonchev–Trinajstić information content (AvgIpc) is 3.12. The predicted octanol–water partition coefficient (Wildman–Crippen LogP) is 2.76. The zero-order valence-corrected chi connectivity index (χ0v) is 11.9. The van der Waals surface area contributed by atoms with Gasteiger partial charge in [-0.3, -0.25) is 4.79 Å².